The van der Waals surface area contributed by atoms with E-state index in [1.807, 2.05) is 5.10 Å². The molecule has 0 unspecified atom stereocenters. The minimum Gasteiger partial charge on any atom is -0.406 e. The third-order valence-corrected chi connectivity index (χ3v) is 4.84. The molecular formula is C17H11F6N3O3S. The first-order chi connectivity index (χ1) is 13.8. The first-order valence-corrected chi connectivity index (χ1v) is 9.46. The molecule has 3 aromatic rings. The number of aromatic amines is 1. The van der Waals surface area contributed by atoms with Crippen molar-refractivity contribution in [1.82, 2.24) is 10.2 Å². The molecule has 13 heteroatoms. The lowest BCUT2D eigenvalue weighted by Crippen LogP contribution is -2.17. The molecule has 0 saturated carbocycles. The zero-order valence-corrected chi connectivity index (χ0v) is 15.4. The summed E-state index contributed by atoms with van der Waals surface area (Å²) in [7, 11) is -4.31. The van der Waals surface area contributed by atoms with Crippen LogP contribution in [0.15, 0.2) is 53.4 Å². The molecule has 3 N–H and O–H groups in total. The molecule has 0 aliphatic rings. The Labute approximate surface area is 165 Å². The van der Waals surface area contributed by atoms with Gasteiger partial charge >= 0.3 is 12.5 Å². The maximum absolute atomic E-state index is 13.5. The maximum Gasteiger partial charge on any atom is 0.573 e. The van der Waals surface area contributed by atoms with Crippen molar-refractivity contribution >= 4 is 10.0 Å². The van der Waals surface area contributed by atoms with E-state index in [4.69, 9.17) is 5.14 Å². The van der Waals surface area contributed by atoms with Crippen LogP contribution in [0, 0.1) is 0 Å². The number of sulfonamides is 1. The van der Waals surface area contributed by atoms with Gasteiger partial charge in [-0.15, -0.1) is 13.2 Å². The maximum atomic E-state index is 13.5. The molecule has 0 saturated heterocycles. The van der Waals surface area contributed by atoms with Gasteiger partial charge in [0.25, 0.3) is 0 Å². The number of halogens is 6. The summed E-state index contributed by atoms with van der Waals surface area (Å²) in [4.78, 5) is -0.469. The van der Waals surface area contributed by atoms with Gasteiger partial charge in [0.15, 0.2) is 0 Å². The first kappa shape index (κ1) is 21.6. The third kappa shape index (κ3) is 4.57. The average Bonchev–Trinajstić information content (AvgIpc) is 3.05. The largest absolute Gasteiger partial charge is 0.573 e. The standard InChI is InChI=1S/C17H11F6N3O3S/c18-16(19,20)15-13(9-5-7-10(8-6-9)29-17(21,22)23)14(25-26-15)11-3-1-2-4-12(11)30(24,27)28/h1-8H,(H,25,26)(H2,24,27,28). The summed E-state index contributed by atoms with van der Waals surface area (Å²) in [5, 5.41) is 10.6. The molecule has 0 spiro atoms. The highest BCUT2D eigenvalue weighted by molar-refractivity contribution is 7.89. The molecule has 3 rings (SSSR count). The van der Waals surface area contributed by atoms with E-state index in [-0.39, 0.29) is 11.1 Å². The second kappa shape index (κ2) is 7.32. The summed E-state index contributed by atoms with van der Waals surface area (Å²) in [6.45, 7) is 0. The molecule has 6 nitrogen and oxygen atoms in total. The monoisotopic (exact) mass is 451 g/mol. The number of aromatic nitrogens is 2. The Morgan fingerprint density at radius 2 is 1.53 bits per heavy atom. The summed E-state index contributed by atoms with van der Waals surface area (Å²) < 4.78 is 105. The summed E-state index contributed by atoms with van der Waals surface area (Å²) >= 11 is 0. The number of ether oxygens (including phenoxy) is 1. The van der Waals surface area contributed by atoms with E-state index in [0.29, 0.717) is 0 Å². The number of nitrogens with two attached hydrogens (primary N) is 1. The molecule has 2 aromatic carbocycles. The smallest absolute Gasteiger partial charge is 0.406 e. The van der Waals surface area contributed by atoms with Gasteiger partial charge in [0.1, 0.15) is 17.1 Å². The number of nitrogens with one attached hydrogen (secondary N) is 1. The first-order valence-electron chi connectivity index (χ1n) is 7.91. The van der Waals surface area contributed by atoms with Gasteiger partial charge in [0.2, 0.25) is 10.0 Å². The number of primary sulfonamides is 1. The summed E-state index contributed by atoms with van der Waals surface area (Å²) in [6.07, 6.45) is -9.90. The predicted molar refractivity (Wildman–Crippen MR) is 92.5 cm³/mol. The van der Waals surface area contributed by atoms with Crippen molar-refractivity contribution in [1.29, 1.82) is 0 Å². The number of hydrogen-bond donors (Lipinski definition) is 2. The fraction of sp³-hybridized carbons (Fsp3) is 0.118. The molecule has 0 fully saturated rings. The van der Waals surface area contributed by atoms with Gasteiger partial charge in [0, 0.05) is 11.1 Å². The molecule has 1 aromatic heterocycles. The average molecular weight is 451 g/mol. The van der Waals surface area contributed by atoms with Crippen molar-refractivity contribution in [2.75, 3.05) is 0 Å². The van der Waals surface area contributed by atoms with Gasteiger partial charge in [-0.3, -0.25) is 5.10 Å². The predicted octanol–water partition coefficient (Wildman–Crippen LogP) is 4.31. The van der Waals surface area contributed by atoms with E-state index in [1.54, 1.807) is 0 Å². The molecule has 0 aliphatic carbocycles. The Hall–Kier alpha value is -3.06. The van der Waals surface area contributed by atoms with Gasteiger partial charge in [-0.05, 0) is 23.8 Å². The zero-order valence-electron chi connectivity index (χ0n) is 14.5. The normalized spacial score (nSPS) is 12.8. The number of alkyl halides is 6. The van der Waals surface area contributed by atoms with E-state index in [0.717, 1.165) is 30.3 Å². The van der Waals surface area contributed by atoms with Crippen molar-refractivity contribution in [2.45, 2.75) is 17.4 Å². The van der Waals surface area contributed by atoms with Gasteiger partial charge < -0.3 is 4.74 Å². The highest BCUT2D eigenvalue weighted by Gasteiger charge is 2.38. The van der Waals surface area contributed by atoms with Crippen LogP contribution >= 0.6 is 0 Å². The number of hydrogen-bond acceptors (Lipinski definition) is 4. The van der Waals surface area contributed by atoms with E-state index >= 15 is 0 Å². The third-order valence-electron chi connectivity index (χ3n) is 3.88. The Balaban J connectivity index is 2.22. The van der Waals surface area contributed by atoms with Gasteiger partial charge in [-0.2, -0.15) is 18.3 Å². The van der Waals surface area contributed by atoms with Gasteiger partial charge in [0.05, 0.1) is 4.90 Å². The van der Waals surface area contributed by atoms with Crippen LogP contribution in [0.25, 0.3) is 22.4 Å². The van der Waals surface area contributed by atoms with E-state index < -0.39 is 50.2 Å². The minimum atomic E-state index is -4.98. The Kier molecular flexibility index (Phi) is 5.28. The summed E-state index contributed by atoms with van der Waals surface area (Å²) in [6, 6.07) is 8.57. The van der Waals surface area contributed by atoms with Crippen molar-refractivity contribution in [3.05, 3.63) is 54.2 Å². The van der Waals surface area contributed by atoms with Crippen LogP contribution in [0.2, 0.25) is 0 Å². The van der Waals surface area contributed by atoms with Crippen LogP contribution in [0.1, 0.15) is 5.69 Å². The Bertz CT molecular complexity index is 1170. The second-order valence-corrected chi connectivity index (χ2v) is 7.46. The van der Waals surface area contributed by atoms with Crippen molar-refractivity contribution in [2.24, 2.45) is 5.14 Å². The second-order valence-electron chi connectivity index (χ2n) is 5.93. The minimum absolute atomic E-state index is 0.176. The van der Waals surface area contributed by atoms with Gasteiger partial charge in [-0.1, -0.05) is 30.3 Å². The topological polar surface area (TPSA) is 98.1 Å². The quantitative estimate of drug-likeness (QED) is 0.578. The summed E-state index contributed by atoms with van der Waals surface area (Å²) in [5.41, 5.74) is -2.65. The molecule has 0 aliphatic heterocycles. The summed E-state index contributed by atoms with van der Waals surface area (Å²) in [5.74, 6) is -0.644. The molecule has 0 atom stereocenters. The fourth-order valence-corrected chi connectivity index (χ4v) is 3.50. The van der Waals surface area contributed by atoms with Crippen LogP contribution in [-0.4, -0.2) is 25.0 Å². The lowest BCUT2D eigenvalue weighted by molar-refractivity contribution is -0.274. The molecular weight excluding hydrogens is 440 g/mol. The molecule has 0 amide bonds. The van der Waals surface area contributed by atoms with Gasteiger partial charge in [-0.25, -0.2) is 13.6 Å². The molecule has 30 heavy (non-hydrogen) atoms. The van der Waals surface area contributed by atoms with Crippen molar-refractivity contribution in [3.63, 3.8) is 0 Å². The van der Waals surface area contributed by atoms with E-state index in [1.165, 1.54) is 18.2 Å². The Morgan fingerprint density at radius 3 is 2.07 bits per heavy atom. The van der Waals surface area contributed by atoms with Crippen LogP contribution in [0.4, 0.5) is 26.3 Å². The number of benzene rings is 2. The van der Waals surface area contributed by atoms with Crippen LogP contribution in [-0.2, 0) is 16.2 Å². The highest BCUT2D eigenvalue weighted by atomic mass is 32.2. The van der Waals surface area contributed by atoms with E-state index in [2.05, 4.69) is 9.84 Å². The molecule has 1 heterocycles. The number of H-pyrrole nitrogens is 1. The molecule has 160 valence electrons. The highest BCUT2D eigenvalue weighted by Crippen LogP contribution is 2.42. The van der Waals surface area contributed by atoms with Crippen LogP contribution in [0.3, 0.4) is 0 Å². The van der Waals surface area contributed by atoms with Crippen LogP contribution < -0.4 is 9.88 Å². The van der Waals surface area contributed by atoms with E-state index in [9.17, 15) is 34.8 Å². The Morgan fingerprint density at radius 1 is 0.933 bits per heavy atom. The van der Waals surface area contributed by atoms with Crippen LogP contribution in [0.5, 0.6) is 5.75 Å². The lowest BCUT2D eigenvalue weighted by atomic mass is 9.98. The number of rotatable bonds is 4. The van der Waals surface area contributed by atoms with Crippen molar-refractivity contribution < 1.29 is 39.5 Å². The lowest BCUT2D eigenvalue weighted by Gasteiger charge is -2.12. The SMILES string of the molecule is NS(=O)(=O)c1ccccc1-c1n[nH]c(C(F)(F)F)c1-c1ccc(OC(F)(F)F)cc1. The molecule has 0 radical (unpaired) electrons. The number of nitrogens with zero attached hydrogens (tertiary/aromatic N) is 1. The van der Waals surface area contributed by atoms with Crippen molar-refractivity contribution in [3.8, 4) is 28.1 Å². The molecule has 0 bridgehead atoms. The fourth-order valence-electron chi connectivity index (χ4n) is 2.76. The zero-order chi connectivity index (χ0) is 22.3.